The van der Waals surface area contributed by atoms with Crippen LogP contribution in [0.2, 0.25) is 0 Å². The number of rotatable bonds is 6. The van der Waals surface area contributed by atoms with Gasteiger partial charge in [0.25, 0.3) is 0 Å². The van der Waals surface area contributed by atoms with Crippen molar-refractivity contribution in [3.05, 3.63) is 36.5 Å². The smallest absolute Gasteiger partial charge is 0.226 e. The Morgan fingerprint density at radius 1 is 1.21 bits per heavy atom. The zero-order valence-electron chi connectivity index (χ0n) is 13.5. The number of anilines is 1. The van der Waals surface area contributed by atoms with Crippen molar-refractivity contribution in [1.82, 2.24) is 15.5 Å². The zero-order valence-corrected chi connectivity index (χ0v) is 13.5. The van der Waals surface area contributed by atoms with Gasteiger partial charge in [-0.3, -0.25) is 14.7 Å². The Kier molecular flexibility index (Phi) is 5.25. The van der Waals surface area contributed by atoms with Crippen LogP contribution in [0.1, 0.15) is 32.1 Å². The Morgan fingerprint density at radius 2 is 2.04 bits per heavy atom. The zero-order chi connectivity index (χ0) is 16.8. The quantitative estimate of drug-likeness (QED) is 0.763. The van der Waals surface area contributed by atoms with Gasteiger partial charge in [0.2, 0.25) is 11.8 Å². The van der Waals surface area contributed by atoms with E-state index in [9.17, 15) is 9.59 Å². The maximum absolute atomic E-state index is 12.0. The van der Waals surface area contributed by atoms with Gasteiger partial charge in [0.1, 0.15) is 0 Å². The fraction of sp³-hybridized carbons (Fsp3) is 0.389. The van der Waals surface area contributed by atoms with Crippen molar-refractivity contribution in [2.75, 3.05) is 11.9 Å². The molecule has 2 aromatic rings. The number of carbonyl (C=O) groups excluding carboxylic acids is 2. The first-order chi connectivity index (χ1) is 11.7. The molecule has 0 saturated heterocycles. The van der Waals surface area contributed by atoms with Gasteiger partial charge < -0.3 is 10.6 Å². The third kappa shape index (κ3) is 4.22. The molecule has 24 heavy (non-hydrogen) atoms. The lowest BCUT2D eigenvalue weighted by molar-refractivity contribution is -0.124. The van der Waals surface area contributed by atoms with E-state index in [1.54, 1.807) is 6.20 Å². The fourth-order valence-electron chi connectivity index (χ4n) is 3.04. The summed E-state index contributed by atoms with van der Waals surface area (Å²) >= 11 is 0. The number of hydrogen-bond acceptors (Lipinski definition) is 3. The lowest BCUT2D eigenvalue weighted by Gasteiger charge is -2.10. The Labute approximate surface area is 141 Å². The maximum Gasteiger partial charge on any atom is 0.226 e. The number of hydrogen-bond donors (Lipinski definition) is 3. The third-order valence-electron chi connectivity index (χ3n) is 4.34. The van der Waals surface area contributed by atoms with Crippen LogP contribution in [0.3, 0.4) is 0 Å². The molecule has 6 nitrogen and oxygen atoms in total. The first kappa shape index (κ1) is 16.2. The molecule has 3 rings (SSSR count). The average molecular weight is 326 g/mol. The van der Waals surface area contributed by atoms with Gasteiger partial charge in [0.15, 0.2) is 0 Å². The number of benzene rings is 1. The number of aromatic nitrogens is 2. The predicted molar refractivity (Wildman–Crippen MR) is 92.2 cm³/mol. The van der Waals surface area contributed by atoms with Crippen molar-refractivity contribution in [1.29, 1.82) is 0 Å². The molecular weight excluding hydrogens is 304 g/mol. The standard InChI is InChI=1S/C18H22N4O2/c23-17(9-10-19-18(24)13-4-1-2-5-13)21-15-7-3-6-14(12-15)16-8-11-20-22-16/h3,6-8,11-13H,1-2,4-5,9-10H2,(H,19,24)(H,20,22)(H,21,23). The topological polar surface area (TPSA) is 86.9 Å². The van der Waals surface area contributed by atoms with Gasteiger partial charge in [-0.2, -0.15) is 5.10 Å². The second-order valence-corrected chi connectivity index (χ2v) is 6.12. The summed E-state index contributed by atoms with van der Waals surface area (Å²) in [6.07, 6.45) is 6.16. The molecular formula is C18H22N4O2. The minimum Gasteiger partial charge on any atom is -0.355 e. The summed E-state index contributed by atoms with van der Waals surface area (Å²) in [6, 6.07) is 9.44. The normalized spacial score (nSPS) is 14.5. The highest BCUT2D eigenvalue weighted by atomic mass is 16.2. The molecule has 6 heteroatoms. The lowest BCUT2D eigenvalue weighted by Crippen LogP contribution is -2.32. The number of carbonyl (C=O) groups is 2. The molecule has 0 aliphatic heterocycles. The molecule has 0 bridgehead atoms. The Hall–Kier alpha value is -2.63. The molecule has 1 aliphatic rings. The van der Waals surface area contributed by atoms with E-state index < -0.39 is 0 Å². The van der Waals surface area contributed by atoms with Gasteiger partial charge in [-0.15, -0.1) is 0 Å². The molecule has 1 saturated carbocycles. The molecule has 0 unspecified atom stereocenters. The van der Waals surface area contributed by atoms with Crippen molar-refractivity contribution in [2.24, 2.45) is 5.92 Å². The number of nitrogens with zero attached hydrogens (tertiary/aromatic N) is 1. The van der Waals surface area contributed by atoms with Crippen molar-refractivity contribution >= 4 is 17.5 Å². The van der Waals surface area contributed by atoms with E-state index >= 15 is 0 Å². The summed E-state index contributed by atoms with van der Waals surface area (Å²) in [6.45, 7) is 0.376. The van der Waals surface area contributed by atoms with Gasteiger partial charge in [0.05, 0.1) is 5.69 Å². The maximum atomic E-state index is 12.0. The van der Waals surface area contributed by atoms with Crippen LogP contribution in [0.25, 0.3) is 11.3 Å². The summed E-state index contributed by atoms with van der Waals surface area (Å²) in [7, 11) is 0. The van der Waals surface area contributed by atoms with E-state index in [4.69, 9.17) is 0 Å². The summed E-state index contributed by atoms with van der Waals surface area (Å²) < 4.78 is 0. The minimum atomic E-state index is -0.108. The predicted octanol–water partition coefficient (Wildman–Crippen LogP) is 2.71. The molecule has 2 amide bonds. The van der Waals surface area contributed by atoms with Gasteiger partial charge >= 0.3 is 0 Å². The van der Waals surface area contributed by atoms with E-state index in [0.29, 0.717) is 6.54 Å². The fourth-order valence-corrected chi connectivity index (χ4v) is 3.04. The molecule has 1 heterocycles. The average Bonchev–Trinajstić information content (AvgIpc) is 3.29. The highest BCUT2D eigenvalue weighted by Gasteiger charge is 2.22. The Morgan fingerprint density at radius 3 is 2.79 bits per heavy atom. The van der Waals surface area contributed by atoms with E-state index in [0.717, 1.165) is 42.6 Å². The van der Waals surface area contributed by atoms with E-state index in [1.807, 2.05) is 30.3 Å². The second-order valence-electron chi connectivity index (χ2n) is 6.12. The van der Waals surface area contributed by atoms with Crippen LogP contribution in [-0.4, -0.2) is 28.6 Å². The lowest BCUT2D eigenvalue weighted by atomic mass is 10.1. The van der Waals surface area contributed by atoms with Crippen LogP contribution in [-0.2, 0) is 9.59 Å². The highest BCUT2D eigenvalue weighted by Crippen LogP contribution is 2.24. The number of aromatic amines is 1. The molecule has 3 N–H and O–H groups in total. The Bertz CT molecular complexity index is 691. The molecule has 1 aliphatic carbocycles. The van der Waals surface area contributed by atoms with Gasteiger partial charge in [-0.1, -0.05) is 25.0 Å². The van der Waals surface area contributed by atoms with Crippen LogP contribution < -0.4 is 10.6 Å². The summed E-state index contributed by atoms with van der Waals surface area (Å²) in [5.74, 6) is 0.115. The second kappa shape index (κ2) is 7.77. The van der Waals surface area contributed by atoms with Gasteiger partial charge in [0, 0.05) is 36.3 Å². The van der Waals surface area contributed by atoms with Crippen molar-refractivity contribution in [3.63, 3.8) is 0 Å². The van der Waals surface area contributed by atoms with Crippen molar-refractivity contribution in [3.8, 4) is 11.3 Å². The van der Waals surface area contributed by atoms with Crippen molar-refractivity contribution in [2.45, 2.75) is 32.1 Å². The minimum absolute atomic E-state index is 0.0848. The summed E-state index contributed by atoms with van der Waals surface area (Å²) in [4.78, 5) is 23.9. The number of amides is 2. The van der Waals surface area contributed by atoms with E-state index in [2.05, 4.69) is 20.8 Å². The van der Waals surface area contributed by atoms with Crippen LogP contribution >= 0.6 is 0 Å². The molecule has 0 radical (unpaired) electrons. The molecule has 0 atom stereocenters. The number of H-pyrrole nitrogens is 1. The Balaban J connectivity index is 1.46. The van der Waals surface area contributed by atoms with Crippen LogP contribution in [0.15, 0.2) is 36.5 Å². The van der Waals surface area contributed by atoms with Gasteiger partial charge in [-0.25, -0.2) is 0 Å². The third-order valence-corrected chi connectivity index (χ3v) is 4.34. The van der Waals surface area contributed by atoms with E-state index in [1.165, 1.54) is 0 Å². The SMILES string of the molecule is O=C(CCNC(=O)C1CCCC1)Nc1cccc(-c2ccn[nH]2)c1. The van der Waals surface area contributed by atoms with E-state index in [-0.39, 0.29) is 24.2 Å². The first-order valence-corrected chi connectivity index (χ1v) is 8.40. The van der Waals surface area contributed by atoms with Crippen LogP contribution in [0, 0.1) is 5.92 Å². The summed E-state index contributed by atoms with van der Waals surface area (Å²) in [5, 5.41) is 12.5. The number of nitrogens with one attached hydrogen (secondary N) is 3. The monoisotopic (exact) mass is 326 g/mol. The molecule has 1 aromatic carbocycles. The van der Waals surface area contributed by atoms with Crippen LogP contribution in [0.4, 0.5) is 5.69 Å². The highest BCUT2D eigenvalue weighted by molar-refractivity contribution is 5.91. The van der Waals surface area contributed by atoms with Gasteiger partial charge in [-0.05, 0) is 31.0 Å². The first-order valence-electron chi connectivity index (χ1n) is 8.40. The summed E-state index contributed by atoms with van der Waals surface area (Å²) in [5.41, 5.74) is 2.59. The van der Waals surface area contributed by atoms with Crippen molar-refractivity contribution < 1.29 is 9.59 Å². The molecule has 126 valence electrons. The van der Waals surface area contributed by atoms with Crippen LogP contribution in [0.5, 0.6) is 0 Å². The molecule has 1 fully saturated rings. The largest absolute Gasteiger partial charge is 0.355 e. The molecule has 1 aromatic heterocycles. The molecule has 0 spiro atoms.